The fourth-order valence-corrected chi connectivity index (χ4v) is 3.01. The fraction of sp³-hybridized carbons (Fsp3) is 0.444. The van der Waals surface area contributed by atoms with Gasteiger partial charge < -0.3 is 30.6 Å². The highest BCUT2D eigenvalue weighted by Gasteiger charge is 2.24. The Labute approximate surface area is 173 Å². The summed E-state index contributed by atoms with van der Waals surface area (Å²) in [6.07, 6.45) is 0. The molecule has 4 N–H and O–H groups in total. The Kier molecular flexibility index (Phi) is 7.03. The molecule has 12 nitrogen and oxygen atoms in total. The Bertz CT molecular complexity index is 889. The third-order valence-corrected chi connectivity index (χ3v) is 4.57. The van der Waals surface area contributed by atoms with Gasteiger partial charge in [0.25, 0.3) is 0 Å². The molecular formula is C18H25N7O5. The molecule has 0 radical (unpaired) electrons. The van der Waals surface area contributed by atoms with Gasteiger partial charge in [-0.15, -0.1) is 0 Å². The number of hydrogen-bond donors (Lipinski definition) is 3. The SMILES string of the molecule is COc1ccc(OC)c(Nc2nc(NCCN3CCOCC3)nc(N)c2[N+](=O)[O-])c1. The van der Waals surface area contributed by atoms with E-state index >= 15 is 0 Å². The minimum absolute atomic E-state index is 0.0482. The number of nitrogens with zero attached hydrogens (tertiary/aromatic N) is 4. The number of nitrogens with one attached hydrogen (secondary N) is 2. The first-order valence-corrected chi connectivity index (χ1v) is 9.36. The second-order valence-electron chi connectivity index (χ2n) is 6.46. The standard InChI is InChI=1S/C18H25N7O5/c1-28-12-3-4-14(29-2)13(11-12)21-17-15(25(26)27)16(19)22-18(23-17)20-5-6-24-7-9-30-10-8-24/h3-4,11H,5-10H2,1-2H3,(H4,19,20,21,22,23). The highest BCUT2D eigenvalue weighted by molar-refractivity contribution is 5.77. The first-order valence-electron chi connectivity index (χ1n) is 9.36. The summed E-state index contributed by atoms with van der Waals surface area (Å²) in [4.78, 5) is 21.5. The molecule has 2 aromatic rings. The maximum Gasteiger partial charge on any atom is 0.353 e. The first-order chi connectivity index (χ1) is 14.5. The number of nitrogen functional groups attached to an aromatic ring is 1. The Balaban J connectivity index is 1.82. The summed E-state index contributed by atoms with van der Waals surface area (Å²) in [5, 5.41) is 17.6. The highest BCUT2D eigenvalue weighted by atomic mass is 16.6. The van der Waals surface area contributed by atoms with Gasteiger partial charge in [0.1, 0.15) is 11.5 Å². The molecule has 0 bridgehead atoms. The molecule has 0 aliphatic carbocycles. The molecule has 1 saturated heterocycles. The number of morpholine rings is 1. The van der Waals surface area contributed by atoms with E-state index in [4.69, 9.17) is 19.9 Å². The lowest BCUT2D eigenvalue weighted by molar-refractivity contribution is -0.383. The largest absolute Gasteiger partial charge is 0.497 e. The maximum absolute atomic E-state index is 11.6. The lowest BCUT2D eigenvalue weighted by Crippen LogP contribution is -2.39. The molecule has 30 heavy (non-hydrogen) atoms. The molecule has 162 valence electrons. The summed E-state index contributed by atoms with van der Waals surface area (Å²) < 4.78 is 15.9. The van der Waals surface area contributed by atoms with Gasteiger partial charge in [0.15, 0.2) is 0 Å². The van der Waals surface area contributed by atoms with E-state index in [0.29, 0.717) is 36.9 Å². The van der Waals surface area contributed by atoms with Crippen LogP contribution in [0.5, 0.6) is 11.5 Å². The quantitative estimate of drug-likeness (QED) is 0.400. The molecule has 0 atom stereocenters. The van der Waals surface area contributed by atoms with Crippen molar-refractivity contribution < 1.29 is 19.1 Å². The van der Waals surface area contributed by atoms with Crippen molar-refractivity contribution in [1.82, 2.24) is 14.9 Å². The zero-order valence-corrected chi connectivity index (χ0v) is 16.9. The molecule has 1 aliphatic rings. The molecule has 0 unspecified atom stereocenters. The zero-order valence-electron chi connectivity index (χ0n) is 16.9. The van der Waals surface area contributed by atoms with Gasteiger partial charge in [0.2, 0.25) is 17.6 Å². The summed E-state index contributed by atoms with van der Waals surface area (Å²) in [7, 11) is 3.02. The summed E-state index contributed by atoms with van der Waals surface area (Å²) >= 11 is 0. The first kappa shape index (κ1) is 21.3. The van der Waals surface area contributed by atoms with Gasteiger partial charge in [0, 0.05) is 32.2 Å². The lowest BCUT2D eigenvalue weighted by Gasteiger charge is -2.26. The second-order valence-corrected chi connectivity index (χ2v) is 6.46. The van der Waals surface area contributed by atoms with Crippen LogP contribution >= 0.6 is 0 Å². The van der Waals surface area contributed by atoms with E-state index in [-0.39, 0.29) is 17.6 Å². The molecule has 3 rings (SSSR count). The van der Waals surface area contributed by atoms with Gasteiger partial charge in [-0.3, -0.25) is 15.0 Å². The molecule has 0 spiro atoms. The van der Waals surface area contributed by atoms with Gasteiger partial charge in [0.05, 0.1) is 38.0 Å². The van der Waals surface area contributed by atoms with Gasteiger partial charge in [-0.1, -0.05) is 0 Å². The zero-order chi connectivity index (χ0) is 21.5. The molecule has 0 saturated carbocycles. The Morgan fingerprint density at radius 2 is 2.03 bits per heavy atom. The average Bonchev–Trinajstić information content (AvgIpc) is 2.74. The number of nitrogens with two attached hydrogens (primary N) is 1. The van der Waals surface area contributed by atoms with Crippen LogP contribution < -0.4 is 25.8 Å². The van der Waals surface area contributed by atoms with Crippen LogP contribution in [0.3, 0.4) is 0 Å². The topological polar surface area (TPSA) is 150 Å². The van der Waals surface area contributed by atoms with Crippen molar-refractivity contribution in [3.63, 3.8) is 0 Å². The molecule has 2 heterocycles. The molecule has 1 aromatic heterocycles. The van der Waals surface area contributed by atoms with Crippen LogP contribution in [0.2, 0.25) is 0 Å². The van der Waals surface area contributed by atoms with Gasteiger partial charge in [-0.05, 0) is 12.1 Å². The third kappa shape index (κ3) is 5.15. The predicted octanol–water partition coefficient (Wildman–Crippen LogP) is 1.47. The molecule has 12 heteroatoms. The van der Waals surface area contributed by atoms with Crippen molar-refractivity contribution in [2.75, 3.05) is 70.0 Å². The van der Waals surface area contributed by atoms with Gasteiger partial charge >= 0.3 is 5.69 Å². The van der Waals surface area contributed by atoms with Crippen LogP contribution in [0.1, 0.15) is 0 Å². The van der Waals surface area contributed by atoms with Gasteiger partial charge in [-0.2, -0.15) is 9.97 Å². The van der Waals surface area contributed by atoms with Crippen LogP contribution in [0.15, 0.2) is 18.2 Å². The number of nitro groups is 1. The van der Waals surface area contributed by atoms with Crippen molar-refractivity contribution in [2.45, 2.75) is 0 Å². The van der Waals surface area contributed by atoms with Crippen LogP contribution in [0.25, 0.3) is 0 Å². The van der Waals surface area contributed by atoms with Crippen molar-refractivity contribution >= 4 is 29.0 Å². The van der Waals surface area contributed by atoms with Crippen molar-refractivity contribution in [2.24, 2.45) is 0 Å². The normalized spacial score (nSPS) is 14.2. The van der Waals surface area contributed by atoms with E-state index in [1.54, 1.807) is 18.2 Å². The number of ether oxygens (including phenoxy) is 3. The van der Waals surface area contributed by atoms with E-state index in [1.165, 1.54) is 14.2 Å². The Hall–Kier alpha value is -3.38. The van der Waals surface area contributed by atoms with Crippen LogP contribution in [0, 0.1) is 10.1 Å². The van der Waals surface area contributed by atoms with Crippen molar-refractivity contribution in [1.29, 1.82) is 0 Å². The van der Waals surface area contributed by atoms with E-state index < -0.39 is 10.6 Å². The minimum Gasteiger partial charge on any atom is -0.497 e. The minimum atomic E-state index is -0.623. The van der Waals surface area contributed by atoms with Crippen LogP contribution in [0.4, 0.5) is 29.0 Å². The van der Waals surface area contributed by atoms with Crippen LogP contribution in [-0.2, 0) is 4.74 Å². The third-order valence-electron chi connectivity index (χ3n) is 4.57. The molecule has 1 aromatic carbocycles. The van der Waals surface area contributed by atoms with E-state index in [2.05, 4.69) is 25.5 Å². The number of hydrogen-bond acceptors (Lipinski definition) is 11. The van der Waals surface area contributed by atoms with E-state index in [9.17, 15) is 10.1 Å². The fourth-order valence-electron chi connectivity index (χ4n) is 3.01. The Morgan fingerprint density at radius 1 is 1.27 bits per heavy atom. The summed E-state index contributed by atoms with van der Waals surface area (Å²) in [6.45, 7) is 4.44. The van der Waals surface area contributed by atoms with E-state index in [1.807, 2.05) is 0 Å². The van der Waals surface area contributed by atoms with Crippen molar-refractivity contribution in [3.8, 4) is 11.5 Å². The maximum atomic E-state index is 11.6. The summed E-state index contributed by atoms with van der Waals surface area (Å²) in [5.74, 6) is 0.910. The molecule has 0 amide bonds. The second kappa shape index (κ2) is 9.89. The Morgan fingerprint density at radius 3 is 2.70 bits per heavy atom. The van der Waals surface area contributed by atoms with Gasteiger partial charge in [-0.25, -0.2) is 0 Å². The highest BCUT2D eigenvalue weighted by Crippen LogP contribution is 2.36. The van der Waals surface area contributed by atoms with Crippen molar-refractivity contribution in [3.05, 3.63) is 28.3 Å². The molecule has 1 aliphatic heterocycles. The number of aromatic nitrogens is 2. The smallest absolute Gasteiger partial charge is 0.353 e. The monoisotopic (exact) mass is 419 g/mol. The predicted molar refractivity (Wildman–Crippen MR) is 112 cm³/mol. The van der Waals surface area contributed by atoms with E-state index in [0.717, 1.165) is 19.6 Å². The number of rotatable bonds is 9. The number of anilines is 4. The molecule has 1 fully saturated rings. The molecular weight excluding hydrogens is 394 g/mol. The van der Waals surface area contributed by atoms with Crippen LogP contribution in [-0.4, -0.2) is 73.4 Å². The average molecular weight is 419 g/mol. The number of benzene rings is 1. The lowest BCUT2D eigenvalue weighted by atomic mass is 10.2. The number of methoxy groups -OCH3 is 2. The summed E-state index contributed by atoms with van der Waals surface area (Å²) in [5.41, 5.74) is 5.89. The summed E-state index contributed by atoms with van der Waals surface area (Å²) in [6, 6.07) is 5.04.